The number of rotatable bonds is 1. The van der Waals surface area contributed by atoms with Gasteiger partial charge in [0.1, 0.15) is 0 Å². The zero-order chi connectivity index (χ0) is 12.9. The number of carbonyl (C=O) groups is 1. The number of benzene rings is 1. The van der Waals surface area contributed by atoms with E-state index < -0.39 is 17.6 Å². The van der Waals surface area contributed by atoms with Crippen molar-refractivity contribution in [2.75, 3.05) is 0 Å². The molecule has 0 spiro atoms. The van der Waals surface area contributed by atoms with E-state index in [0.29, 0.717) is 0 Å². The van der Waals surface area contributed by atoms with Crippen LogP contribution in [0, 0.1) is 0 Å². The van der Waals surface area contributed by atoms with Crippen LogP contribution in [-0.4, -0.2) is 10.9 Å². The molecule has 1 aliphatic heterocycles. The highest BCUT2D eigenvalue weighted by Gasteiger charge is 2.42. The number of nitrogens with two attached hydrogens (primary N) is 1. The lowest BCUT2D eigenvalue weighted by Crippen LogP contribution is -2.24. The quantitative estimate of drug-likeness (QED) is 0.832. The number of pyridine rings is 1. The maximum Gasteiger partial charge on any atom is 0.251 e. The van der Waals surface area contributed by atoms with Gasteiger partial charge in [0.05, 0.1) is 11.1 Å². The second-order valence-corrected chi connectivity index (χ2v) is 5.02. The predicted octanol–water partition coefficient (Wildman–Crippen LogP) is 2.03. The van der Waals surface area contributed by atoms with Crippen molar-refractivity contribution in [3.63, 3.8) is 0 Å². The molecule has 1 aromatic heterocycles. The molecule has 0 saturated heterocycles. The Morgan fingerprint density at radius 3 is 2.83 bits per heavy atom. The molecule has 0 radical (unpaired) electrons. The zero-order valence-corrected chi connectivity index (χ0v) is 10.3. The number of hydrogen-bond donors (Lipinski definition) is 1. The Hall–Kier alpha value is -1.94. The summed E-state index contributed by atoms with van der Waals surface area (Å²) in [6, 6.07) is 7.84. The lowest BCUT2D eigenvalue weighted by atomic mass is 9.92. The molecule has 3 rings (SSSR count). The molecule has 2 heterocycles. The van der Waals surface area contributed by atoms with E-state index in [1.54, 1.807) is 6.20 Å². The van der Waals surface area contributed by atoms with Crippen LogP contribution in [0.5, 0.6) is 0 Å². The van der Waals surface area contributed by atoms with Crippen LogP contribution >= 0.6 is 0 Å². The third-order valence-electron chi connectivity index (χ3n) is 3.36. The van der Waals surface area contributed by atoms with Crippen molar-refractivity contribution < 1.29 is 9.53 Å². The minimum absolute atomic E-state index is 0.473. The van der Waals surface area contributed by atoms with E-state index in [4.69, 9.17) is 10.5 Å². The molecule has 0 fully saturated rings. The van der Waals surface area contributed by atoms with Crippen LogP contribution in [0.3, 0.4) is 0 Å². The fourth-order valence-corrected chi connectivity index (χ4v) is 2.66. The van der Waals surface area contributed by atoms with E-state index in [1.165, 1.54) is 0 Å². The topological polar surface area (TPSA) is 65.2 Å². The first kappa shape index (κ1) is 11.2. The van der Waals surface area contributed by atoms with Crippen molar-refractivity contribution in [1.82, 2.24) is 4.98 Å². The standard InChI is InChI=1S/C14H14N2O2/c1-14(2)11-8-5-3-4-6-10(8)16-7-9(11)12(18-14)13(15)17/h3-7,12H,1-2H3,(H2,15,17). The van der Waals surface area contributed by atoms with Crippen molar-refractivity contribution in [3.05, 3.63) is 41.6 Å². The van der Waals surface area contributed by atoms with E-state index in [0.717, 1.165) is 22.0 Å². The molecule has 0 aliphatic carbocycles. The predicted molar refractivity (Wildman–Crippen MR) is 67.8 cm³/mol. The summed E-state index contributed by atoms with van der Waals surface area (Å²) in [6.45, 7) is 3.89. The van der Waals surface area contributed by atoms with Crippen molar-refractivity contribution in [2.24, 2.45) is 5.73 Å². The molecule has 0 bridgehead atoms. The van der Waals surface area contributed by atoms with Gasteiger partial charge >= 0.3 is 0 Å². The first-order chi connectivity index (χ1) is 8.50. The van der Waals surface area contributed by atoms with Crippen LogP contribution < -0.4 is 5.73 Å². The summed E-state index contributed by atoms with van der Waals surface area (Å²) < 4.78 is 5.77. The van der Waals surface area contributed by atoms with Crippen molar-refractivity contribution in [1.29, 1.82) is 0 Å². The van der Waals surface area contributed by atoms with Gasteiger partial charge in [0.2, 0.25) is 0 Å². The average molecular weight is 242 g/mol. The van der Waals surface area contributed by atoms with E-state index >= 15 is 0 Å². The van der Waals surface area contributed by atoms with Gasteiger partial charge in [-0.15, -0.1) is 0 Å². The molecule has 2 N–H and O–H groups in total. The average Bonchev–Trinajstić information content (AvgIpc) is 2.62. The fourth-order valence-electron chi connectivity index (χ4n) is 2.66. The van der Waals surface area contributed by atoms with Crippen LogP contribution in [0.15, 0.2) is 30.5 Å². The number of amides is 1. The van der Waals surface area contributed by atoms with Gasteiger partial charge in [0.25, 0.3) is 5.91 Å². The lowest BCUT2D eigenvalue weighted by molar-refractivity contribution is -0.137. The Labute approximate surface area is 105 Å². The first-order valence-corrected chi connectivity index (χ1v) is 5.86. The van der Waals surface area contributed by atoms with E-state index in [-0.39, 0.29) is 0 Å². The maximum absolute atomic E-state index is 11.5. The van der Waals surface area contributed by atoms with Crippen LogP contribution in [0.1, 0.15) is 31.1 Å². The largest absolute Gasteiger partial charge is 0.367 e. The van der Waals surface area contributed by atoms with Crippen LogP contribution in [0.4, 0.5) is 0 Å². The Balaban J connectivity index is 2.36. The second-order valence-electron chi connectivity index (χ2n) is 5.02. The normalized spacial score (nSPS) is 20.9. The summed E-state index contributed by atoms with van der Waals surface area (Å²) in [7, 11) is 0. The third kappa shape index (κ3) is 1.42. The molecule has 1 aromatic carbocycles. The molecular formula is C14H14N2O2. The van der Waals surface area contributed by atoms with Gasteiger partial charge in [-0.3, -0.25) is 9.78 Å². The smallest absolute Gasteiger partial charge is 0.251 e. The number of nitrogens with zero attached hydrogens (tertiary/aromatic N) is 1. The number of primary amides is 1. The third-order valence-corrected chi connectivity index (χ3v) is 3.36. The summed E-state index contributed by atoms with van der Waals surface area (Å²) >= 11 is 0. The summed E-state index contributed by atoms with van der Waals surface area (Å²) in [5.41, 5.74) is 7.55. The highest BCUT2D eigenvalue weighted by Crippen LogP contribution is 2.45. The van der Waals surface area contributed by atoms with Gasteiger partial charge in [-0.1, -0.05) is 18.2 Å². The number of aromatic nitrogens is 1. The molecule has 1 unspecified atom stereocenters. The lowest BCUT2D eigenvalue weighted by Gasteiger charge is -2.20. The Kier molecular flexibility index (Phi) is 2.19. The van der Waals surface area contributed by atoms with Gasteiger partial charge in [-0.25, -0.2) is 0 Å². The number of ether oxygens (including phenoxy) is 1. The molecule has 1 aliphatic rings. The first-order valence-electron chi connectivity index (χ1n) is 5.86. The minimum atomic E-state index is -0.702. The Morgan fingerprint density at radius 2 is 2.11 bits per heavy atom. The van der Waals surface area contributed by atoms with Crippen molar-refractivity contribution in [3.8, 4) is 0 Å². The van der Waals surface area contributed by atoms with Crippen LogP contribution in [0.2, 0.25) is 0 Å². The van der Waals surface area contributed by atoms with Crippen LogP contribution in [0.25, 0.3) is 10.9 Å². The number of hydrogen-bond acceptors (Lipinski definition) is 3. The van der Waals surface area contributed by atoms with E-state index in [2.05, 4.69) is 4.98 Å². The van der Waals surface area contributed by atoms with Gasteiger partial charge < -0.3 is 10.5 Å². The fraction of sp³-hybridized carbons (Fsp3) is 0.286. The Bertz CT molecular complexity index is 649. The Morgan fingerprint density at radius 1 is 1.39 bits per heavy atom. The molecule has 18 heavy (non-hydrogen) atoms. The number of fused-ring (bicyclic) bond motifs is 3. The van der Waals surface area contributed by atoms with E-state index in [9.17, 15) is 4.79 Å². The van der Waals surface area contributed by atoms with Crippen LogP contribution in [-0.2, 0) is 15.1 Å². The SMILES string of the molecule is CC1(C)OC(C(N)=O)c2cnc3ccccc3c21. The van der Waals surface area contributed by atoms with Crippen molar-refractivity contribution >= 4 is 16.8 Å². The summed E-state index contributed by atoms with van der Waals surface area (Å²) in [5.74, 6) is -0.473. The van der Waals surface area contributed by atoms with Gasteiger partial charge in [0.15, 0.2) is 6.10 Å². The summed E-state index contributed by atoms with van der Waals surface area (Å²) in [4.78, 5) is 15.8. The monoisotopic (exact) mass is 242 g/mol. The molecule has 92 valence electrons. The highest BCUT2D eigenvalue weighted by atomic mass is 16.5. The van der Waals surface area contributed by atoms with Gasteiger partial charge in [-0.05, 0) is 19.9 Å². The molecule has 2 aromatic rings. The second kappa shape index (κ2) is 3.53. The summed E-state index contributed by atoms with van der Waals surface area (Å²) in [6.07, 6.45) is 0.995. The number of carbonyl (C=O) groups excluding carboxylic acids is 1. The molecule has 0 saturated carbocycles. The molecule has 4 nitrogen and oxygen atoms in total. The van der Waals surface area contributed by atoms with E-state index in [1.807, 2.05) is 38.1 Å². The molecule has 4 heteroatoms. The zero-order valence-electron chi connectivity index (χ0n) is 10.3. The minimum Gasteiger partial charge on any atom is -0.367 e. The summed E-state index contributed by atoms with van der Waals surface area (Å²) in [5, 5.41) is 1.02. The maximum atomic E-state index is 11.5. The molecular weight excluding hydrogens is 228 g/mol. The molecule has 1 amide bonds. The molecule has 1 atom stereocenters. The van der Waals surface area contributed by atoms with Crippen molar-refractivity contribution in [2.45, 2.75) is 25.6 Å². The highest BCUT2D eigenvalue weighted by molar-refractivity contribution is 5.89. The van der Waals surface area contributed by atoms with Gasteiger partial charge in [-0.2, -0.15) is 0 Å². The van der Waals surface area contributed by atoms with Gasteiger partial charge in [0, 0.05) is 22.7 Å². The number of para-hydroxylation sites is 1.